The Balaban J connectivity index is 1.38. The largest absolute Gasteiger partial charge is 0.455 e. The molecule has 0 radical (unpaired) electrons. The molecule has 0 saturated heterocycles. The molecule has 2 heteroatoms. The number of allylic oxidation sites excluding steroid dienone is 4. The highest BCUT2D eigenvalue weighted by molar-refractivity contribution is 6.11. The van der Waals surface area contributed by atoms with Crippen LogP contribution in [-0.2, 0) is 0 Å². The number of nitrogens with one attached hydrogen (secondary N) is 1. The zero-order valence-corrected chi connectivity index (χ0v) is 24.7. The molecule has 1 heterocycles. The van der Waals surface area contributed by atoms with E-state index in [2.05, 4.69) is 146 Å². The zero-order chi connectivity index (χ0) is 29.2. The molecule has 1 aliphatic carbocycles. The van der Waals surface area contributed by atoms with Crippen LogP contribution in [0, 0.1) is 0 Å². The molecule has 1 aliphatic rings. The lowest BCUT2D eigenvalue weighted by Crippen LogP contribution is -2.14. The van der Waals surface area contributed by atoms with Crippen molar-refractivity contribution in [3.8, 4) is 11.1 Å². The summed E-state index contributed by atoms with van der Waals surface area (Å²) >= 11 is 0. The molecule has 0 bridgehead atoms. The van der Waals surface area contributed by atoms with Crippen molar-refractivity contribution in [2.24, 2.45) is 0 Å². The molecule has 7 rings (SSSR count). The lowest BCUT2D eigenvalue weighted by molar-refractivity contribution is 0.670. The molecule has 0 spiro atoms. The Morgan fingerprint density at radius 2 is 1.40 bits per heavy atom. The monoisotopic (exact) mass is 557 g/mol. The summed E-state index contributed by atoms with van der Waals surface area (Å²) in [7, 11) is 2.02. The summed E-state index contributed by atoms with van der Waals surface area (Å²) < 4.78 is 6.59. The number of hydrogen-bond donors (Lipinski definition) is 1. The standard InChI is InChI=1S/C41H35NO/c1-28-17-19-30(20-18-28)34-25-26-36-35-15-9-10-16-39(35)43-41(36)40(34)33-23-21-31(22-24-33)37(29-11-5-3-6-12-29)27-38(42-2)32-13-7-4-8-14-32/h3-17,19,21-27,38,42H,18,20H2,1-2H3/b37-27+. The minimum atomic E-state index is 0.0849. The van der Waals surface area contributed by atoms with Crippen molar-refractivity contribution in [1.82, 2.24) is 5.32 Å². The average Bonchev–Trinajstić information content (AvgIpc) is 3.45. The Bertz CT molecular complexity index is 1990. The fourth-order valence-electron chi connectivity index (χ4n) is 6.28. The van der Waals surface area contributed by atoms with Crippen LogP contribution in [-0.4, -0.2) is 7.05 Å². The van der Waals surface area contributed by atoms with E-state index in [1.165, 1.54) is 44.5 Å². The van der Waals surface area contributed by atoms with E-state index in [0.29, 0.717) is 0 Å². The molecule has 0 amide bonds. The fraction of sp³-hybridized carbons (Fsp3) is 0.122. The van der Waals surface area contributed by atoms with E-state index in [1.54, 1.807) is 0 Å². The summed E-state index contributed by atoms with van der Waals surface area (Å²) in [6, 6.07) is 43.3. The maximum atomic E-state index is 6.59. The van der Waals surface area contributed by atoms with E-state index in [9.17, 15) is 0 Å². The van der Waals surface area contributed by atoms with Crippen LogP contribution in [0.4, 0.5) is 0 Å². The third-order valence-corrected chi connectivity index (χ3v) is 8.62. The first kappa shape index (κ1) is 26.9. The second-order valence-corrected chi connectivity index (χ2v) is 11.4. The number of rotatable bonds is 7. The van der Waals surface area contributed by atoms with Gasteiger partial charge in [-0.05, 0) is 77.9 Å². The summed E-state index contributed by atoms with van der Waals surface area (Å²) in [6.07, 6.45) is 9.01. The smallest absolute Gasteiger partial charge is 0.143 e. The Morgan fingerprint density at radius 1 is 0.698 bits per heavy atom. The predicted molar refractivity (Wildman–Crippen MR) is 182 cm³/mol. The highest BCUT2D eigenvalue weighted by Gasteiger charge is 2.20. The topological polar surface area (TPSA) is 25.2 Å². The maximum absolute atomic E-state index is 6.59. The third-order valence-electron chi connectivity index (χ3n) is 8.62. The summed E-state index contributed by atoms with van der Waals surface area (Å²) in [5, 5.41) is 5.82. The maximum Gasteiger partial charge on any atom is 0.143 e. The Hall–Kier alpha value is -4.92. The number of hydrogen-bond acceptors (Lipinski definition) is 2. The number of furan rings is 1. The van der Waals surface area contributed by atoms with Crippen molar-refractivity contribution in [3.63, 3.8) is 0 Å². The molecule has 1 aromatic heterocycles. The normalized spacial score (nSPS) is 14.5. The average molecular weight is 558 g/mol. The van der Waals surface area contributed by atoms with E-state index in [4.69, 9.17) is 4.42 Å². The van der Waals surface area contributed by atoms with Gasteiger partial charge in [0, 0.05) is 16.3 Å². The summed E-state index contributed by atoms with van der Waals surface area (Å²) in [4.78, 5) is 0. The van der Waals surface area contributed by atoms with Gasteiger partial charge in [-0.15, -0.1) is 0 Å². The lowest BCUT2D eigenvalue weighted by atomic mass is 9.86. The van der Waals surface area contributed by atoms with Crippen molar-refractivity contribution in [2.75, 3.05) is 7.05 Å². The molecule has 43 heavy (non-hydrogen) atoms. The molecule has 2 nitrogen and oxygen atoms in total. The van der Waals surface area contributed by atoms with Crippen LogP contribution in [0.5, 0.6) is 0 Å². The number of para-hydroxylation sites is 1. The van der Waals surface area contributed by atoms with E-state index >= 15 is 0 Å². The van der Waals surface area contributed by atoms with Crippen LogP contribution in [0.1, 0.15) is 48.1 Å². The second-order valence-electron chi connectivity index (χ2n) is 11.4. The third kappa shape index (κ3) is 5.27. The zero-order valence-electron chi connectivity index (χ0n) is 24.7. The number of fused-ring (bicyclic) bond motifs is 3. The molecule has 5 aromatic carbocycles. The van der Waals surface area contributed by atoms with Crippen molar-refractivity contribution >= 4 is 33.1 Å². The summed E-state index contributed by atoms with van der Waals surface area (Å²) in [6.45, 7) is 2.21. The number of benzene rings is 5. The predicted octanol–water partition coefficient (Wildman–Crippen LogP) is 10.8. The van der Waals surface area contributed by atoms with Gasteiger partial charge in [-0.2, -0.15) is 0 Å². The first-order valence-corrected chi connectivity index (χ1v) is 15.1. The highest BCUT2D eigenvalue weighted by Crippen LogP contribution is 2.42. The van der Waals surface area contributed by atoms with Crippen molar-refractivity contribution < 1.29 is 4.42 Å². The Labute approximate surface area is 253 Å². The summed E-state index contributed by atoms with van der Waals surface area (Å²) in [5.74, 6) is 0. The van der Waals surface area contributed by atoms with Crippen molar-refractivity contribution in [2.45, 2.75) is 25.8 Å². The van der Waals surface area contributed by atoms with Gasteiger partial charge in [0.2, 0.25) is 0 Å². The van der Waals surface area contributed by atoms with Gasteiger partial charge >= 0.3 is 0 Å². The van der Waals surface area contributed by atoms with Crippen LogP contribution >= 0.6 is 0 Å². The molecule has 1 unspecified atom stereocenters. The summed E-state index contributed by atoms with van der Waals surface area (Å²) in [5.41, 5.74) is 13.1. The first-order valence-electron chi connectivity index (χ1n) is 15.1. The Morgan fingerprint density at radius 3 is 2.12 bits per heavy atom. The minimum Gasteiger partial charge on any atom is -0.455 e. The second kappa shape index (κ2) is 11.8. The van der Waals surface area contributed by atoms with Crippen molar-refractivity contribution in [3.05, 3.63) is 167 Å². The SMILES string of the molecule is CNC(/C=C(\c1ccccc1)c1ccc(-c2c(C3=CC=C(C)CC3)ccc3c2oc2ccccc23)cc1)c1ccccc1. The van der Waals surface area contributed by atoms with Crippen molar-refractivity contribution in [1.29, 1.82) is 0 Å². The van der Waals surface area contributed by atoms with Gasteiger partial charge in [0.25, 0.3) is 0 Å². The van der Waals surface area contributed by atoms with Crippen LogP contribution in [0.25, 0.3) is 44.2 Å². The van der Waals surface area contributed by atoms with Gasteiger partial charge < -0.3 is 9.73 Å². The van der Waals surface area contributed by atoms with Gasteiger partial charge in [0.15, 0.2) is 0 Å². The lowest BCUT2D eigenvalue weighted by Gasteiger charge is -2.18. The van der Waals surface area contributed by atoms with Gasteiger partial charge in [-0.1, -0.05) is 133 Å². The van der Waals surface area contributed by atoms with Gasteiger partial charge in [0.05, 0.1) is 6.04 Å². The molecule has 1 N–H and O–H groups in total. The fourth-order valence-corrected chi connectivity index (χ4v) is 6.28. The van der Waals surface area contributed by atoms with Gasteiger partial charge in [-0.25, -0.2) is 0 Å². The minimum absolute atomic E-state index is 0.0849. The van der Waals surface area contributed by atoms with Gasteiger partial charge in [0.1, 0.15) is 11.2 Å². The molecule has 0 saturated carbocycles. The van der Waals surface area contributed by atoms with Crippen LogP contribution in [0.15, 0.2) is 150 Å². The molecular formula is C41H35NO. The Kier molecular flexibility index (Phi) is 7.37. The van der Waals surface area contributed by atoms with E-state index in [0.717, 1.165) is 40.3 Å². The van der Waals surface area contributed by atoms with Crippen LogP contribution in [0.2, 0.25) is 0 Å². The van der Waals surface area contributed by atoms with Crippen LogP contribution in [0.3, 0.4) is 0 Å². The molecule has 0 aliphatic heterocycles. The van der Waals surface area contributed by atoms with E-state index in [1.807, 2.05) is 13.1 Å². The molecule has 210 valence electrons. The molecular weight excluding hydrogens is 522 g/mol. The number of likely N-dealkylation sites (N-methyl/N-ethyl adjacent to an activating group) is 1. The van der Waals surface area contributed by atoms with Crippen LogP contribution < -0.4 is 5.32 Å². The van der Waals surface area contributed by atoms with Gasteiger partial charge in [-0.3, -0.25) is 0 Å². The highest BCUT2D eigenvalue weighted by atomic mass is 16.3. The molecule has 0 fully saturated rings. The van der Waals surface area contributed by atoms with E-state index < -0.39 is 0 Å². The molecule has 6 aromatic rings. The quantitative estimate of drug-likeness (QED) is 0.211. The molecule has 1 atom stereocenters. The van der Waals surface area contributed by atoms with E-state index in [-0.39, 0.29) is 6.04 Å². The first-order chi connectivity index (χ1) is 21.2.